The van der Waals surface area contributed by atoms with Gasteiger partial charge >= 0.3 is 6.18 Å². The van der Waals surface area contributed by atoms with E-state index in [1.165, 1.54) is 6.33 Å². The number of ether oxygens (including phenoxy) is 1. The molecule has 0 radical (unpaired) electrons. The average molecular weight is 247 g/mol. The molecular weight excluding hydrogens is 235 g/mol. The topological polar surface area (TPSA) is 47.0 Å². The average Bonchev–Trinajstić information content (AvgIpc) is 2.28. The molecule has 0 spiro atoms. The molecule has 1 aromatic rings. The van der Waals surface area contributed by atoms with Gasteiger partial charge < -0.3 is 10.1 Å². The van der Waals surface area contributed by atoms with Crippen molar-refractivity contribution in [3.05, 3.63) is 17.6 Å². The van der Waals surface area contributed by atoms with Gasteiger partial charge in [-0.2, -0.15) is 13.2 Å². The van der Waals surface area contributed by atoms with Crippen LogP contribution in [0.2, 0.25) is 0 Å². The molecule has 0 saturated heterocycles. The van der Waals surface area contributed by atoms with Crippen LogP contribution in [-0.4, -0.2) is 29.3 Å². The highest BCUT2D eigenvalue weighted by Crippen LogP contribution is 2.23. The van der Waals surface area contributed by atoms with Crippen molar-refractivity contribution in [1.29, 1.82) is 0 Å². The zero-order chi connectivity index (χ0) is 12.3. The van der Waals surface area contributed by atoms with E-state index in [1.807, 2.05) is 0 Å². The Hall–Kier alpha value is -1.37. The molecule has 0 fully saturated rings. The Kier molecular flexibility index (Phi) is 3.46. The molecule has 0 amide bonds. The lowest BCUT2D eigenvalue weighted by Crippen LogP contribution is -2.26. The number of alkyl halides is 3. The van der Waals surface area contributed by atoms with E-state index < -0.39 is 19.2 Å². The van der Waals surface area contributed by atoms with Crippen molar-refractivity contribution < 1.29 is 17.9 Å². The summed E-state index contributed by atoms with van der Waals surface area (Å²) in [6, 6.07) is 0. The van der Waals surface area contributed by atoms with Crippen molar-refractivity contribution in [3.8, 4) is 5.88 Å². The zero-order valence-electron chi connectivity index (χ0n) is 9.05. The number of rotatable bonds is 3. The van der Waals surface area contributed by atoms with Crippen LogP contribution in [0.3, 0.4) is 0 Å². The molecule has 7 heteroatoms. The minimum atomic E-state index is -4.20. The Morgan fingerprint density at radius 1 is 1.35 bits per heavy atom. The number of hydrogen-bond donors (Lipinski definition) is 1. The van der Waals surface area contributed by atoms with Gasteiger partial charge in [-0.25, -0.2) is 9.97 Å². The summed E-state index contributed by atoms with van der Waals surface area (Å²) >= 11 is 0. The maximum atomic E-state index is 12.0. The predicted octanol–water partition coefficient (Wildman–Crippen LogP) is 1.45. The molecule has 0 bridgehead atoms. The summed E-state index contributed by atoms with van der Waals surface area (Å²) in [5.74, 6) is 0.256. The van der Waals surface area contributed by atoms with E-state index >= 15 is 0 Å². The standard InChI is InChI=1S/C10H12F3N3O/c11-10(12,13)2-4-17-9-7-5-14-3-1-8(7)15-6-16-9/h6,14H,1-5H2. The van der Waals surface area contributed by atoms with Crippen LogP contribution in [0.5, 0.6) is 5.88 Å². The monoisotopic (exact) mass is 247 g/mol. The highest BCUT2D eigenvalue weighted by atomic mass is 19.4. The van der Waals surface area contributed by atoms with Crippen molar-refractivity contribution in [3.63, 3.8) is 0 Å². The summed E-state index contributed by atoms with van der Waals surface area (Å²) in [4.78, 5) is 7.95. The molecule has 0 saturated carbocycles. The summed E-state index contributed by atoms with van der Waals surface area (Å²) < 4.78 is 41.0. The highest BCUT2D eigenvalue weighted by Gasteiger charge is 2.27. The van der Waals surface area contributed by atoms with Crippen LogP contribution in [0.25, 0.3) is 0 Å². The van der Waals surface area contributed by atoms with Gasteiger partial charge in [0.2, 0.25) is 5.88 Å². The molecule has 1 N–H and O–H groups in total. The van der Waals surface area contributed by atoms with E-state index in [2.05, 4.69) is 15.3 Å². The van der Waals surface area contributed by atoms with Crippen molar-refractivity contribution in [2.24, 2.45) is 0 Å². The Morgan fingerprint density at radius 2 is 2.18 bits per heavy atom. The number of aromatic nitrogens is 2. The van der Waals surface area contributed by atoms with Gasteiger partial charge in [0.05, 0.1) is 18.7 Å². The number of fused-ring (bicyclic) bond motifs is 1. The number of hydrogen-bond acceptors (Lipinski definition) is 4. The van der Waals surface area contributed by atoms with Crippen molar-refractivity contribution in [2.75, 3.05) is 13.2 Å². The maximum absolute atomic E-state index is 12.0. The van der Waals surface area contributed by atoms with Crippen molar-refractivity contribution in [2.45, 2.75) is 25.6 Å². The summed E-state index contributed by atoms with van der Waals surface area (Å²) in [5.41, 5.74) is 1.61. The van der Waals surface area contributed by atoms with Crippen LogP contribution >= 0.6 is 0 Å². The molecule has 0 aliphatic carbocycles. The zero-order valence-corrected chi connectivity index (χ0v) is 9.05. The van der Waals surface area contributed by atoms with Gasteiger partial charge in [0.1, 0.15) is 6.33 Å². The van der Waals surface area contributed by atoms with Gasteiger partial charge in [0.15, 0.2) is 0 Å². The Labute approximate surface area is 96.2 Å². The second-order valence-corrected chi connectivity index (χ2v) is 3.74. The normalized spacial score (nSPS) is 15.5. The number of halogens is 3. The first kappa shape index (κ1) is 12.1. The first-order valence-corrected chi connectivity index (χ1v) is 5.29. The molecule has 1 aliphatic heterocycles. The van der Waals surface area contributed by atoms with Crippen LogP contribution in [0.1, 0.15) is 17.7 Å². The lowest BCUT2D eigenvalue weighted by Gasteiger charge is -2.18. The minimum Gasteiger partial charge on any atom is -0.477 e. The smallest absolute Gasteiger partial charge is 0.392 e. The molecule has 1 aliphatic rings. The van der Waals surface area contributed by atoms with Crippen LogP contribution in [0.4, 0.5) is 13.2 Å². The Balaban J connectivity index is 2.01. The third-order valence-electron chi connectivity index (χ3n) is 2.46. The van der Waals surface area contributed by atoms with Crippen molar-refractivity contribution in [1.82, 2.24) is 15.3 Å². The van der Waals surface area contributed by atoms with E-state index in [1.54, 1.807) is 0 Å². The first-order valence-electron chi connectivity index (χ1n) is 5.29. The van der Waals surface area contributed by atoms with E-state index in [0.717, 1.165) is 24.2 Å². The Morgan fingerprint density at radius 3 is 2.94 bits per heavy atom. The molecule has 0 atom stereocenters. The number of nitrogens with one attached hydrogen (secondary N) is 1. The SMILES string of the molecule is FC(F)(F)CCOc1ncnc2c1CNCC2. The van der Waals surface area contributed by atoms with Gasteiger partial charge in [0, 0.05) is 25.1 Å². The summed E-state index contributed by atoms with van der Waals surface area (Å²) in [6.07, 6.45) is -3.11. The van der Waals surface area contributed by atoms with E-state index in [0.29, 0.717) is 6.54 Å². The van der Waals surface area contributed by atoms with Gasteiger partial charge in [0.25, 0.3) is 0 Å². The molecule has 94 valence electrons. The van der Waals surface area contributed by atoms with Crippen LogP contribution in [0, 0.1) is 0 Å². The largest absolute Gasteiger partial charge is 0.477 e. The van der Waals surface area contributed by atoms with E-state index in [-0.39, 0.29) is 5.88 Å². The lowest BCUT2D eigenvalue weighted by molar-refractivity contribution is -0.139. The Bertz CT molecular complexity index is 395. The molecule has 1 aromatic heterocycles. The fraction of sp³-hybridized carbons (Fsp3) is 0.600. The second-order valence-electron chi connectivity index (χ2n) is 3.74. The molecule has 2 rings (SSSR count). The number of nitrogens with zero attached hydrogens (tertiary/aromatic N) is 2. The van der Waals surface area contributed by atoms with Crippen LogP contribution < -0.4 is 10.1 Å². The molecule has 2 heterocycles. The minimum absolute atomic E-state index is 0.256. The fourth-order valence-electron chi connectivity index (χ4n) is 1.63. The summed E-state index contributed by atoms with van der Waals surface area (Å²) in [5, 5.41) is 3.11. The fourth-order valence-corrected chi connectivity index (χ4v) is 1.63. The maximum Gasteiger partial charge on any atom is 0.392 e. The molecule has 0 aromatic carbocycles. The lowest BCUT2D eigenvalue weighted by atomic mass is 10.1. The quantitative estimate of drug-likeness (QED) is 0.878. The van der Waals surface area contributed by atoms with E-state index in [9.17, 15) is 13.2 Å². The summed E-state index contributed by atoms with van der Waals surface area (Å²) in [6.45, 7) is 0.941. The molecule has 4 nitrogen and oxygen atoms in total. The third kappa shape index (κ3) is 3.29. The van der Waals surface area contributed by atoms with Gasteiger partial charge in [-0.05, 0) is 0 Å². The van der Waals surface area contributed by atoms with Gasteiger partial charge in [-0.15, -0.1) is 0 Å². The highest BCUT2D eigenvalue weighted by molar-refractivity contribution is 5.31. The molecule has 17 heavy (non-hydrogen) atoms. The van der Waals surface area contributed by atoms with Gasteiger partial charge in [-0.3, -0.25) is 0 Å². The van der Waals surface area contributed by atoms with Crippen molar-refractivity contribution >= 4 is 0 Å². The molecular formula is C10H12F3N3O. The summed E-state index contributed by atoms with van der Waals surface area (Å²) in [7, 11) is 0. The predicted molar refractivity (Wildman–Crippen MR) is 53.6 cm³/mol. The van der Waals surface area contributed by atoms with E-state index in [4.69, 9.17) is 4.74 Å². The van der Waals surface area contributed by atoms with Gasteiger partial charge in [-0.1, -0.05) is 0 Å². The first-order chi connectivity index (χ1) is 8.06. The molecule has 0 unspecified atom stereocenters. The van der Waals surface area contributed by atoms with Crippen LogP contribution in [-0.2, 0) is 13.0 Å². The third-order valence-corrected chi connectivity index (χ3v) is 2.46. The van der Waals surface area contributed by atoms with Crippen LogP contribution in [0.15, 0.2) is 6.33 Å². The second kappa shape index (κ2) is 4.87.